The molecular weight excluding hydrogens is 395 g/mol. The van der Waals surface area contributed by atoms with E-state index in [0.29, 0.717) is 5.95 Å². The molecule has 21 heavy (non-hydrogen) atoms. The van der Waals surface area contributed by atoms with E-state index in [2.05, 4.69) is 68.3 Å². The van der Waals surface area contributed by atoms with Gasteiger partial charge in [0, 0.05) is 15.8 Å². The maximum Gasteiger partial charge on any atom is 0.226 e. The molecule has 0 fully saturated rings. The quantitative estimate of drug-likeness (QED) is 0.590. The third-order valence-corrected chi connectivity index (χ3v) is 4.42. The summed E-state index contributed by atoms with van der Waals surface area (Å²) in [5.41, 5.74) is 1.04. The van der Waals surface area contributed by atoms with E-state index in [0.717, 1.165) is 34.7 Å². The van der Waals surface area contributed by atoms with E-state index in [1.54, 1.807) is 11.3 Å². The number of halogens is 1. The van der Waals surface area contributed by atoms with Crippen molar-refractivity contribution in [3.63, 3.8) is 0 Å². The molecule has 108 valence electrons. The second-order valence-corrected chi connectivity index (χ2v) is 6.74. The van der Waals surface area contributed by atoms with Crippen molar-refractivity contribution in [1.29, 1.82) is 0 Å². The number of benzene rings is 1. The summed E-state index contributed by atoms with van der Waals surface area (Å²) < 4.78 is 1.19. The molecule has 0 aliphatic heterocycles. The molecular formula is C15H15IN4S. The zero-order chi connectivity index (χ0) is 14.7. The molecule has 3 aromatic rings. The Labute approximate surface area is 141 Å². The monoisotopic (exact) mass is 410 g/mol. The molecule has 0 atom stereocenters. The molecule has 0 unspecified atom stereocenters. The predicted molar refractivity (Wildman–Crippen MR) is 98.6 cm³/mol. The number of hydrogen-bond donors (Lipinski definition) is 2. The van der Waals surface area contributed by atoms with Crippen molar-refractivity contribution in [3.05, 3.63) is 39.3 Å². The van der Waals surface area contributed by atoms with Crippen molar-refractivity contribution >= 4 is 61.6 Å². The number of rotatable bonds is 5. The summed E-state index contributed by atoms with van der Waals surface area (Å²) in [6.45, 7) is 3.00. The normalized spacial score (nSPS) is 10.8. The summed E-state index contributed by atoms with van der Waals surface area (Å²) in [5, 5.41) is 9.76. The van der Waals surface area contributed by atoms with Gasteiger partial charge in [-0.15, -0.1) is 11.3 Å². The zero-order valence-corrected chi connectivity index (χ0v) is 14.5. The van der Waals surface area contributed by atoms with Crippen LogP contribution in [0, 0.1) is 3.57 Å². The molecule has 2 aromatic heterocycles. The molecule has 2 heterocycles. The van der Waals surface area contributed by atoms with E-state index < -0.39 is 0 Å². The van der Waals surface area contributed by atoms with Gasteiger partial charge >= 0.3 is 0 Å². The van der Waals surface area contributed by atoms with E-state index in [9.17, 15) is 0 Å². The van der Waals surface area contributed by atoms with Gasteiger partial charge in [-0.1, -0.05) is 13.0 Å². The molecule has 0 saturated carbocycles. The standard InChI is InChI=1S/C15H15IN4S/c1-2-7-17-15-19-13(12-6-8-21-14(12)20-15)18-11-5-3-4-10(16)9-11/h3-6,8-9H,2,7H2,1H3,(H2,17,18,19,20). The fourth-order valence-corrected chi connectivity index (χ4v) is 3.28. The first-order valence-electron chi connectivity index (χ1n) is 6.78. The molecule has 0 radical (unpaired) electrons. The highest BCUT2D eigenvalue weighted by Crippen LogP contribution is 2.29. The predicted octanol–water partition coefficient (Wildman–Crippen LogP) is 4.86. The lowest BCUT2D eigenvalue weighted by Crippen LogP contribution is -2.06. The van der Waals surface area contributed by atoms with E-state index in [-0.39, 0.29) is 0 Å². The van der Waals surface area contributed by atoms with Crippen LogP contribution in [0.25, 0.3) is 10.2 Å². The van der Waals surface area contributed by atoms with Crippen LogP contribution in [0.3, 0.4) is 0 Å². The summed E-state index contributed by atoms with van der Waals surface area (Å²) in [4.78, 5) is 10.2. The van der Waals surface area contributed by atoms with Crippen LogP contribution < -0.4 is 10.6 Å². The highest BCUT2D eigenvalue weighted by molar-refractivity contribution is 14.1. The first-order valence-corrected chi connectivity index (χ1v) is 8.74. The van der Waals surface area contributed by atoms with Gasteiger partial charge in [0.25, 0.3) is 0 Å². The van der Waals surface area contributed by atoms with Crippen LogP contribution in [0.5, 0.6) is 0 Å². The van der Waals surface area contributed by atoms with Crippen molar-refractivity contribution in [3.8, 4) is 0 Å². The minimum absolute atomic E-state index is 0.680. The van der Waals surface area contributed by atoms with Crippen molar-refractivity contribution in [1.82, 2.24) is 9.97 Å². The minimum Gasteiger partial charge on any atom is -0.354 e. The van der Waals surface area contributed by atoms with Crippen molar-refractivity contribution in [2.45, 2.75) is 13.3 Å². The molecule has 0 bridgehead atoms. The average molecular weight is 410 g/mol. The van der Waals surface area contributed by atoms with Crippen LogP contribution in [0.15, 0.2) is 35.7 Å². The summed E-state index contributed by atoms with van der Waals surface area (Å²) in [5.74, 6) is 1.53. The van der Waals surface area contributed by atoms with E-state index >= 15 is 0 Å². The van der Waals surface area contributed by atoms with Crippen LogP contribution in [0.2, 0.25) is 0 Å². The fraction of sp³-hybridized carbons (Fsp3) is 0.200. The second kappa shape index (κ2) is 6.57. The Morgan fingerprint density at radius 1 is 1.24 bits per heavy atom. The first kappa shape index (κ1) is 14.5. The molecule has 3 rings (SSSR count). The van der Waals surface area contributed by atoms with Gasteiger partial charge < -0.3 is 10.6 Å². The SMILES string of the molecule is CCCNc1nc(Nc2cccc(I)c2)c2ccsc2n1. The van der Waals surface area contributed by atoms with Gasteiger partial charge in [-0.05, 0) is 58.7 Å². The van der Waals surface area contributed by atoms with Gasteiger partial charge in [0.2, 0.25) is 5.95 Å². The molecule has 0 amide bonds. The van der Waals surface area contributed by atoms with Gasteiger partial charge in [0.05, 0.1) is 5.39 Å². The minimum atomic E-state index is 0.680. The second-order valence-electron chi connectivity index (χ2n) is 4.60. The molecule has 1 aromatic carbocycles. The highest BCUT2D eigenvalue weighted by Gasteiger charge is 2.09. The van der Waals surface area contributed by atoms with Crippen molar-refractivity contribution in [2.24, 2.45) is 0 Å². The summed E-state index contributed by atoms with van der Waals surface area (Å²) in [6.07, 6.45) is 1.05. The Morgan fingerprint density at radius 2 is 2.14 bits per heavy atom. The molecule has 2 N–H and O–H groups in total. The molecule has 0 aliphatic carbocycles. The number of nitrogens with one attached hydrogen (secondary N) is 2. The van der Waals surface area contributed by atoms with Gasteiger partial charge in [-0.2, -0.15) is 4.98 Å². The number of thiophene rings is 1. The number of hydrogen-bond acceptors (Lipinski definition) is 5. The third kappa shape index (κ3) is 3.44. The Kier molecular flexibility index (Phi) is 4.54. The van der Waals surface area contributed by atoms with Crippen molar-refractivity contribution < 1.29 is 0 Å². The molecule has 0 aliphatic rings. The molecule has 0 spiro atoms. The highest BCUT2D eigenvalue weighted by atomic mass is 127. The number of fused-ring (bicyclic) bond motifs is 1. The van der Waals surface area contributed by atoms with Crippen LogP contribution >= 0.6 is 33.9 Å². The van der Waals surface area contributed by atoms with Crippen LogP contribution in [-0.4, -0.2) is 16.5 Å². The van der Waals surface area contributed by atoms with E-state index in [1.807, 2.05) is 17.5 Å². The maximum atomic E-state index is 4.61. The van der Waals surface area contributed by atoms with Gasteiger partial charge in [-0.3, -0.25) is 0 Å². The van der Waals surface area contributed by atoms with Crippen LogP contribution in [-0.2, 0) is 0 Å². The maximum absolute atomic E-state index is 4.61. The van der Waals surface area contributed by atoms with Gasteiger partial charge in [0.1, 0.15) is 10.6 Å². The van der Waals surface area contributed by atoms with E-state index in [4.69, 9.17) is 0 Å². The topological polar surface area (TPSA) is 49.8 Å². The average Bonchev–Trinajstić information content (AvgIpc) is 2.94. The van der Waals surface area contributed by atoms with Crippen LogP contribution in [0.1, 0.15) is 13.3 Å². The Hall–Kier alpha value is -1.41. The molecule has 6 heteroatoms. The summed E-state index contributed by atoms with van der Waals surface area (Å²) >= 11 is 3.94. The van der Waals surface area contributed by atoms with Gasteiger partial charge in [0.15, 0.2) is 0 Å². The Bertz CT molecular complexity index is 756. The number of aromatic nitrogens is 2. The summed E-state index contributed by atoms with van der Waals surface area (Å²) in [6, 6.07) is 10.3. The Morgan fingerprint density at radius 3 is 2.95 bits per heavy atom. The van der Waals surface area contributed by atoms with Crippen LogP contribution in [0.4, 0.5) is 17.5 Å². The Balaban J connectivity index is 1.97. The lowest BCUT2D eigenvalue weighted by Gasteiger charge is -2.10. The largest absolute Gasteiger partial charge is 0.354 e. The zero-order valence-electron chi connectivity index (χ0n) is 11.6. The fourth-order valence-electron chi connectivity index (χ4n) is 1.97. The lowest BCUT2D eigenvalue weighted by atomic mass is 10.3. The van der Waals surface area contributed by atoms with Gasteiger partial charge in [-0.25, -0.2) is 4.98 Å². The number of nitrogens with zero attached hydrogens (tertiary/aromatic N) is 2. The third-order valence-electron chi connectivity index (χ3n) is 2.95. The smallest absolute Gasteiger partial charge is 0.226 e. The van der Waals surface area contributed by atoms with Crippen molar-refractivity contribution in [2.75, 3.05) is 17.2 Å². The molecule has 4 nitrogen and oxygen atoms in total. The first-order chi connectivity index (χ1) is 10.3. The number of anilines is 3. The summed E-state index contributed by atoms with van der Waals surface area (Å²) in [7, 11) is 0. The van der Waals surface area contributed by atoms with E-state index in [1.165, 1.54) is 3.57 Å². The molecule has 0 saturated heterocycles. The lowest BCUT2D eigenvalue weighted by molar-refractivity contribution is 0.958.